The molecule has 1 atom stereocenters. The van der Waals surface area contributed by atoms with Gasteiger partial charge in [0.1, 0.15) is 0 Å². The maximum Gasteiger partial charge on any atom is 0.236 e. The molecule has 0 heterocycles. The van der Waals surface area contributed by atoms with Crippen LogP contribution in [0.1, 0.15) is 13.3 Å². The first kappa shape index (κ1) is 9.39. The zero-order valence-corrected chi connectivity index (χ0v) is 6.26. The zero-order valence-electron chi connectivity index (χ0n) is 6.26. The van der Waals surface area contributed by atoms with Gasteiger partial charge in [-0.15, -0.1) is 0 Å². The van der Waals surface area contributed by atoms with Crippen molar-refractivity contribution in [2.45, 2.75) is 19.4 Å². The van der Waals surface area contributed by atoms with E-state index < -0.39 is 0 Å². The van der Waals surface area contributed by atoms with Crippen LogP contribution in [-0.4, -0.2) is 25.0 Å². The third-order valence-corrected chi connectivity index (χ3v) is 1.22. The normalized spacial score (nSPS) is 12.7. The van der Waals surface area contributed by atoms with Crippen LogP contribution >= 0.6 is 0 Å². The molecule has 0 fully saturated rings. The standard InChI is InChI=1S/C6H15N3O/c1-2-5(8)6(10)9-4-3-7/h5H,2-4,7-8H2,1H3,(H,9,10)/t5-/m0/s1. The monoisotopic (exact) mass is 145 g/mol. The Hall–Kier alpha value is -0.610. The van der Waals surface area contributed by atoms with Crippen LogP contribution in [-0.2, 0) is 4.79 Å². The first-order valence-corrected chi connectivity index (χ1v) is 3.45. The molecular formula is C6H15N3O. The number of nitrogens with one attached hydrogen (secondary N) is 1. The molecule has 1 amide bonds. The van der Waals surface area contributed by atoms with Crippen molar-refractivity contribution in [2.75, 3.05) is 13.1 Å². The van der Waals surface area contributed by atoms with E-state index in [9.17, 15) is 4.79 Å². The summed E-state index contributed by atoms with van der Waals surface area (Å²) in [6.45, 7) is 2.83. The lowest BCUT2D eigenvalue weighted by molar-refractivity contribution is -0.122. The molecule has 0 aromatic heterocycles. The second-order valence-electron chi connectivity index (χ2n) is 2.09. The molecule has 0 radical (unpaired) electrons. The van der Waals surface area contributed by atoms with Crippen molar-refractivity contribution in [3.05, 3.63) is 0 Å². The Morgan fingerprint density at radius 1 is 1.70 bits per heavy atom. The van der Waals surface area contributed by atoms with Crippen molar-refractivity contribution in [1.82, 2.24) is 5.32 Å². The second-order valence-corrected chi connectivity index (χ2v) is 2.09. The van der Waals surface area contributed by atoms with Gasteiger partial charge >= 0.3 is 0 Å². The predicted octanol–water partition coefficient (Wildman–Crippen LogP) is -1.20. The Bertz CT molecular complexity index is 105. The number of hydrogen-bond donors (Lipinski definition) is 3. The summed E-state index contributed by atoms with van der Waals surface area (Å²) in [5.41, 5.74) is 10.6. The SMILES string of the molecule is CC[C@H](N)C(=O)NCCN. The van der Waals surface area contributed by atoms with Gasteiger partial charge in [0.2, 0.25) is 5.91 Å². The largest absolute Gasteiger partial charge is 0.353 e. The average Bonchev–Trinajstić information content (AvgIpc) is 1.98. The fourth-order valence-corrected chi connectivity index (χ4v) is 0.512. The summed E-state index contributed by atoms with van der Waals surface area (Å²) in [7, 11) is 0. The summed E-state index contributed by atoms with van der Waals surface area (Å²) in [6, 6.07) is -0.383. The molecule has 0 rings (SSSR count). The Balaban J connectivity index is 3.42. The van der Waals surface area contributed by atoms with Gasteiger partial charge in [0.25, 0.3) is 0 Å². The van der Waals surface area contributed by atoms with Crippen molar-refractivity contribution in [2.24, 2.45) is 11.5 Å². The van der Waals surface area contributed by atoms with Crippen molar-refractivity contribution in [3.8, 4) is 0 Å². The van der Waals surface area contributed by atoms with E-state index in [1.165, 1.54) is 0 Å². The van der Waals surface area contributed by atoms with E-state index in [-0.39, 0.29) is 11.9 Å². The van der Waals surface area contributed by atoms with Gasteiger partial charge < -0.3 is 16.8 Å². The Labute approximate surface area is 61.0 Å². The van der Waals surface area contributed by atoms with Crippen molar-refractivity contribution in [3.63, 3.8) is 0 Å². The van der Waals surface area contributed by atoms with Crippen molar-refractivity contribution in [1.29, 1.82) is 0 Å². The van der Waals surface area contributed by atoms with Gasteiger partial charge in [0.05, 0.1) is 6.04 Å². The van der Waals surface area contributed by atoms with Crippen molar-refractivity contribution >= 4 is 5.91 Å². The highest BCUT2D eigenvalue weighted by molar-refractivity contribution is 5.81. The van der Waals surface area contributed by atoms with Crippen molar-refractivity contribution < 1.29 is 4.79 Å². The topological polar surface area (TPSA) is 81.1 Å². The number of carbonyl (C=O) groups excluding carboxylic acids is 1. The van der Waals surface area contributed by atoms with E-state index in [4.69, 9.17) is 11.5 Å². The van der Waals surface area contributed by atoms with Crippen LogP contribution in [0.4, 0.5) is 0 Å². The van der Waals surface area contributed by atoms with E-state index in [1.54, 1.807) is 0 Å². The minimum atomic E-state index is -0.383. The van der Waals surface area contributed by atoms with E-state index in [1.807, 2.05) is 6.92 Å². The van der Waals surface area contributed by atoms with E-state index in [0.717, 1.165) is 0 Å². The Morgan fingerprint density at radius 3 is 2.70 bits per heavy atom. The molecule has 0 unspecified atom stereocenters. The van der Waals surface area contributed by atoms with Crippen LogP contribution in [0.15, 0.2) is 0 Å². The molecule has 0 spiro atoms. The first-order chi connectivity index (χ1) is 4.72. The molecule has 0 aromatic carbocycles. The van der Waals surface area contributed by atoms with Crippen LogP contribution in [0.3, 0.4) is 0 Å². The molecule has 0 aliphatic carbocycles. The lowest BCUT2D eigenvalue weighted by Gasteiger charge is -2.07. The molecule has 0 aromatic rings. The average molecular weight is 145 g/mol. The summed E-state index contributed by atoms with van der Waals surface area (Å²) >= 11 is 0. The van der Waals surface area contributed by atoms with E-state index in [0.29, 0.717) is 19.5 Å². The minimum absolute atomic E-state index is 0.118. The molecular weight excluding hydrogens is 130 g/mol. The summed E-state index contributed by atoms with van der Waals surface area (Å²) in [5.74, 6) is -0.118. The quantitative estimate of drug-likeness (QED) is 0.464. The summed E-state index contributed by atoms with van der Waals surface area (Å²) in [5, 5.41) is 2.59. The zero-order chi connectivity index (χ0) is 7.98. The lowest BCUT2D eigenvalue weighted by atomic mass is 10.2. The minimum Gasteiger partial charge on any atom is -0.353 e. The number of carbonyl (C=O) groups is 1. The van der Waals surface area contributed by atoms with Gasteiger partial charge in [0.15, 0.2) is 0 Å². The molecule has 0 aliphatic heterocycles. The number of amides is 1. The van der Waals surface area contributed by atoms with Gasteiger partial charge in [-0.25, -0.2) is 0 Å². The maximum absolute atomic E-state index is 10.8. The fourth-order valence-electron chi connectivity index (χ4n) is 0.512. The third kappa shape index (κ3) is 3.42. The van der Waals surface area contributed by atoms with Crippen LogP contribution < -0.4 is 16.8 Å². The fraction of sp³-hybridized carbons (Fsp3) is 0.833. The molecule has 5 N–H and O–H groups in total. The maximum atomic E-state index is 10.8. The van der Waals surface area contributed by atoms with Gasteiger partial charge in [-0.1, -0.05) is 6.92 Å². The van der Waals surface area contributed by atoms with Gasteiger partial charge in [-0.2, -0.15) is 0 Å². The van der Waals surface area contributed by atoms with Crippen LogP contribution in [0, 0.1) is 0 Å². The third-order valence-electron chi connectivity index (χ3n) is 1.22. The van der Waals surface area contributed by atoms with Crippen LogP contribution in [0.2, 0.25) is 0 Å². The number of nitrogens with two attached hydrogens (primary N) is 2. The van der Waals surface area contributed by atoms with Gasteiger partial charge in [-0.05, 0) is 6.42 Å². The summed E-state index contributed by atoms with van der Waals surface area (Å²) in [6.07, 6.45) is 0.663. The summed E-state index contributed by atoms with van der Waals surface area (Å²) in [4.78, 5) is 10.8. The molecule has 60 valence electrons. The first-order valence-electron chi connectivity index (χ1n) is 3.45. The highest BCUT2D eigenvalue weighted by Gasteiger charge is 2.08. The van der Waals surface area contributed by atoms with E-state index in [2.05, 4.69) is 5.32 Å². The van der Waals surface area contributed by atoms with Crippen LogP contribution in [0.25, 0.3) is 0 Å². The second kappa shape index (κ2) is 5.20. The highest BCUT2D eigenvalue weighted by Crippen LogP contribution is 1.83. The highest BCUT2D eigenvalue weighted by atomic mass is 16.2. The molecule has 4 nitrogen and oxygen atoms in total. The van der Waals surface area contributed by atoms with E-state index >= 15 is 0 Å². The predicted molar refractivity (Wildman–Crippen MR) is 40.3 cm³/mol. The molecule has 0 aliphatic rings. The number of rotatable bonds is 4. The smallest absolute Gasteiger partial charge is 0.236 e. The lowest BCUT2D eigenvalue weighted by Crippen LogP contribution is -2.41. The Kier molecular flexibility index (Phi) is 4.88. The van der Waals surface area contributed by atoms with Gasteiger partial charge in [-0.3, -0.25) is 4.79 Å². The molecule has 4 heteroatoms. The van der Waals surface area contributed by atoms with Crippen LogP contribution in [0.5, 0.6) is 0 Å². The molecule has 0 bridgehead atoms. The molecule has 0 saturated heterocycles. The summed E-state index contributed by atoms with van der Waals surface area (Å²) < 4.78 is 0. The van der Waals surface area contributed by atoms with Gasteiger partial charge in [0, 0.05) is 13.1 Å². The molecule has 10 heavy (non-hydrogen) atoms. The Morgan fingerprint density at radius 2 is 2.30 bits per heavy atom. The molecule has 0 saturated carbocycles. The number of hydrogen-bond acceptors (Lipinski definition) is 3.